The van der Waals surface area contributed by atoms with Crippen LogP contribution in [0.15, 0.2) is 0 Å². The zero-order valence-corrected chi connectivity index (χ0v) is 8.25. The van der Waals surface area contributed by atoms with E-state index >= 15 is 0 Å². The summed E-state index contributed by atoms with van der Waals surface area (Å²) in [7, 11) is -7.14. The van der Waals surface area contributed by atoms with Gasteiger partial charge in [-0.1, -0.05) is 13.8 Å². The van der Waals surface area contributed by atoms with Crippen LogP contribution in [0.1, 0.15) is 20.3 Å². The van der Waals surface area contributed by atoms with Gasteiger partial charge in [0.05, 0.1) is 0 Å². The standard InChI is InChI=1S/C4H12O5P2/c1-3-4(2)10(5)9-11(6,7)8/h4,10H,3H2,1-2H3,(H2,6,7,8). The molecule has 0 aliphatic rings. The summed E-state index contributed by atoms with van der Waals surface area (Å²) in [5.74, 6) is 0. The SMILES string of the molecule is CCC(C)[PH](=O)OP(=O)(O)O. The van der Waals surface area contributed by atoms with Gasteiger partial charge in [0.25, 0.3) is 0 Å². The highest BCUT2D eigenvalue weighted by molar-refractivity contribution is 7.57. The second kappa shape index (κ2) is 4.39. The van der Waals surface area contributed by atoms with E-state index in [2.05, 4.69) is 4.31 Å². The van der Waals surface area contributed by atoms with Crippen molar-refractivity contribution >= 4 is 15.9 Å². The zero-order valence-electron chi connectivity index (χ0n) is 6.35. The molecule has 7 heteroatoms. The molecule has 0 fully saturated rings. The second-order valence-electron chi connectivity index (χ2n) is 2.21. The summed E-state index contributed by atoms with van der Waals surface area (Å²) in [6, 6.07) is 0. The third-order valence-corrected chi connectivity index (χ3v) is 4.11. The highest BCUT2D eigenvalue weighted by Gasteiger charge is 2.21. The molecule has 0 aromatic rings. The molecular weight excluding hydrogens is 190 g/mol. The van der Waals surface area contributed by atoms with E-state index in [-0.39, 0.29) is 5.66 Å². The summed E-state index contributed by atoms with van der Waals surface area (Å²) in [6.07, 6.45) is 0.581. The maximum atomic E-state index is 10.9. The molecule has 68 valence electrons. The largest absolute Gasteiger partial charge is 0.475 e. The first-order chi connectivity index (χ1) is 4.87. The van der Waals surface area contributed by atoms with Crippen molar-refractivity contribution in [3.63, 3.8) is 0 Å². The highest BCUT2D eigenvalue weighted by Crippen LogP contribution is 2.49. The zero-order chi connectivity index (χ0) is 9.07. The van der Waals surface area contributed by atoms with E-state index in [1.54, 1.807) is 13.8 Å². The van der Waals surface area contributed by atoms with Gasteiger partial charge in [-0.3, -0.25) is 4.57 Å². The smallest absolute Gasteiger partial charge is 0.302 e. The third-order valence-electron chi connectivity index (χ3n) is 1.22. The number of rotatable bonds is 4. The summed E-state index contributed by atoms with van der Waals surface area (Å²) in [5, 5.41) is 0. The van der Waals surface area contributed by atoms with Crippen molar-refractivity contribution in [3.8, 4) is 0 Å². The van der Waals surface area contributed by atoms with Gasteiger partial charge in [-0.05, 0) is 6.42 Å². The number of hydrogen-bond acceptors (Lipinski definition) is 3. The molecule has 2 unspecified atom stereocenters. The van der Waals surface area contributed by atoms with Gasteiger partial charge >= 0.3 is 7.82 Å². The van der Waals surface area contributed by atoms with E-state index in [1.165, 1.54) is 0 Å². The van der Waals surface area contributed by atoms with E-state index in [0.717, 1.165) is 0 Å². The Morgan fingerprint density at radius 2 is 2.09 bits per heavy atom. The van der Waals surface area contributed by atoms with E-state index < -0.39 is 15.9 Å². The monoisotopic (exact) mass is 202 g/mol. The molecule has 0 aliphatic carbocycles. The number of phosphoric acid groups is 1. The molecule has 0 bridgehead atoms. The molecule has 0 amide bonds. The Kier molecular flexibility index (Phi) is 4.52. The van der Waals surface area contributed by atoms with E-state index in [4.69, 9.17) is 9.79 Å². The maximum absolute atomic E-state index is 10.9. The lowest BCUT2D eigenvalue weighted by Crippen LogP contribution is -1.93. The molecule has 2 N–H and O–H groups in total. The van der Waals surface area contributed by atoms with Gasteiger partial charge in [-0.25, -0.2) is 8.88 Å². The van der Waals surface area contributed by atoms with Crippen LogP contribution >= 0.6 is 15.9 Å². The lowest BCUT2D eigenvalue weighted by molar-refractivity contribution is 0.286. The van der Waals surface area contributed by atoms with Crippen LogP contribution in [0.25, 0.3) is 0 Å². The summed E-state index contributed by atoms with van der Waals surface area (Å²) >= 11 is 0. The first-order valence-corrected chi connectivity index (χ1v) is 6.08. The molecule has 0 aromatic heterocycles. The van der Waals surface area contributed by atoms with E-state index in [9.17, 15) is 9.13 Å². The van der Waals surface area contributed by atoms with Crippen LogP contribution in [0.2, 0.25) is 0 Å². The quantitative estimate of drug-likeness (QED) is 0.672. The Morgan fingerprint density at radius 3 is 2.36 bits per heavy atom. The van der Waals surface area contributed by atoms with Crippen molar-refractivity contribution in [3.05, 3.63) is 0 Å². The Bertz CT molecular complexity index is 185. The van der Waals surface area contributed by atoms with Crippen molar-refractivity contribution < 1.29 is 23.2 Å². The van der Waals surface area contributed by atoms with Crippen LogP contribution in [0.4, 0.5) is 0 Å². The fourth-order valence-electron chi connectivity index (χ4n) is 0.374. The van der Waals surface area contributed by atoms with Crippen LogP contribution in [-0.4, -0.2) is 15.4 Å². The molecule has 0 aromatic carbocycles. The van der Waals surface area contributed by atoms with Gasteiger partial charge in [0, 0.05) is 5.66 Å². The van der Waals surface area contributed by atoms with Gasteiger partial charge < -0.3 is 9.79 Å². The average Bonchev–Trinajstić information content (AvgIpc) is 1.82. The third kappa shape index (κ3) is 5.59. The predicted octanol–water partition coefficient (Wildman–Crippen LogP) is 1.37. The highest BCUT2D eigenvalue weighted by atomic mass is 31.2. The summed E-state index contributed by atoms with van der Waals surface area (Å²) in [4.78, 5) is 16.5. The van der Waals surface area contributed by atoms with Gasteiger partial charge in [-0.15, -0.1) is 0 Å². The van der Waals surface area contributed by atoms with Crippen LogP contribution in [-0.2, 0) is 13.4 Å². The fraction of sp³-hybridized carbons (Fsp3) is 1.00. The summed E-state index contributed by atoms with van der Waals surface area (Å²) < 4.78 is 25.0. The van der Waals surface area contributed by atoms with Gasteiger partial charge in [0.15, 0.2) is 0 Å². The molecule has 0 spiro atoms. The molecule has 2 atom stereocenters. The molecule has 5 nitrogen and oxygen atoms in total. The minimum Gasteiger partial charge on any atom is -0.302 e. The minimum absolute atomic E-state index is 0.285. The van der Waals surface area contributed by atoms with Crippen molar-refractivity contribution in [2.75, 3.05) is 0 Å². The molecule has 11 heavy (non-hydrogen) atoms. The summed E-state index contributed by atoms with van der Waals surface area (Å²) in [6.45, 7) is 3.40. The van der Waals surface area contributed by atoms with Crippen molar-refractivity contribution in [1.82, 2.24) is 0 Å². The molecule has 0 heterocycles. The van der Waals surface area contributed by atoms with Crippen LogP contribution in [0, 0.1) is 0 Å². The topological polar surface area (TPSA) is 83.8 Å². The first kappa shape index (κ1) is 11.3. The Balaban J connectivity index is 3.99. The first-order valence-electron chi connectivity index (χ1n) is 3.15. The van der Waals surface area contributed by atoms with Crippen molar-refractivity contribution in [2.24, 2.45) is 0 Å². The fourth-order valence-corrected chi connectivity index (χ4v) is 2.36. The Morgan fingerprint density at radius 1 is 1.64 bits per heavy atom. The van der Waals surface area contributed by atoms with Crippen LogP contribution < -0.4 is 0 Å². The van der Waals surface area contributed by atoms with Crippen LogP contribution in [0.5, 0.6) is 0 Å². The molecule has 0 rings (SSSR count). The normalized spacial score (nSPS) is 17.8. The lowest BCUT2D eigenvalue weighted by atomic mass is 10.4. The Hall–Kier alpha value is 0.340. The lowest BCUT2D eigenvalue weighted by Gasteiger charge is -2.09. The van der Waals surface area contributed by atoms with Gasteiger partial charge in [0.2, 0.25) is 8.03 Å². The number of hydrogen-bond donors (Lipinski definition) is 2. The Labute approximate surface area is 65.9 Å². The maximum Gasteiger partial charge on any atom is 0.475 e. The van der Waals surface area contributed by atoms with Gasteiger partial charge in [-0.2, -0.15) is 0 Å². The molecule has 0 radical (unpaired) electrons. The summed E-state index contributed by atoms with van der Waals surface area (Å²) in [5.41, 5.74) is -0.285. The molecule has 0 saturated heterocycles. The van der Waals surface area contributed by atoms with Crippen molar-refractivity contribution in [2.45, 2.75) is 25.9 Å². The molecular formula is C4H12O5P2. The predicted molar refractivity (Wildman–Crippen MR) is 41.9 cm³/mol. The van der Waals surface area contributed by atoms with Gasteiger partial charge in [0.1, 0.15) is 0 Å². The molecule has 0 saturated carbocycles. The van der Waals surface area contributed by atoms with E-state index in [0.29, 0.717) is 6.42 Å². The molecule has 0 aliphatic heterocycles. The minimum atomic E-state index is -4.56. The van der Waals surface area contributed by atoms with E-state index in [1.807, 2.05) is 0 Å². The van der Waals surface area contributed by atoms with Crippen molar-refractivity contribution in [1.29, 1.82) is 0 Å². The van der Waals surface area contributed by atoms with Crippen LogP contribution in [0.3, 0.4) is 0 Å². The second-order valence-corrected chi connectivity index (χ2v) is 5.55. The average molecular weight is 202 g/mol.